The minimum atomic E-state index is -0.898. The second-order valence-corrected chi connectivity index (χ2v) is 11.8. The number of hydrogen-bond donors (Lipinski definition) is 5. The number of methoxy groups -OCH3 is 1. The Morgan fingerprint density at radius 2 is 1.27 bits per heavy atom. The Morgan fingerprint density at radius 1 is 0.733 bits per heavy atom. The summed E-state index contributed by atoms with van der Waals surface area (Å²) in [4.78, 5) is 40.2. The van der Waals surface area contributed by atoms with Crippen molar-refractivity contribution in [3.63, 3.8) is 0 Å². The van der Waals surface area contributed by atoms with Gasteiger partial charge in [0.2, 0.25) is 0 Å². The summed E-state index contributed by atoms with van der Waals surface area (Å²) < 4.78 is 5.42. The molecular weight excluding hydrogens is 572 g/mol. The molecule has 0 spiro atoms. The molecule has 0 saturated carbocycles. The summed E-state index contributed by atoms with van der Waals surface area (Å²) in [7, 11) is 1.67. The maximum atomic E-state index is 11.6. The number of aromatic amines is 2. The number of aliphatic hydroxyl groups is 1. The van der Waals surface area contributed by atoms with E-state index in [4.69, 9.17) is 14.7 Å². The van der Waals surface area contributed by atoms with Crippen LogP contribution in [0.25, 0.3) is 44.4 Å². The van der Waals surface area contributed by atoms with Crippen molar-refractivity contribution in [1.29, 1.82) is 0 Å². The molecule has 0 fully saturated rings. The van der Waals surface area contributed by atoms with Crippen molar-refractivity contribution >= 4 is 56.3 Å². The van der Waals surface area contributed by atoms with Gasteiger partial charge in [0.25, 0.3) is 0 Å². The highest BCUT2D eigenvalue weighted by atomic mass is 16.5. The van der Waals surface area contributed by atoms with Crippen molar-refractivity contribution < 1.29 is 29.6 Å². The van der Waals surface area contributed by atoms with E-state index in [0.717, 1.165) is 72.5 Å². The predicted octanol–water partition coefficient (Wildman–Crippen LogP) is 6.76. The highest BCUT2D eigenvalue weighted by Gasteiger charge is 2.22. The maximum Gasteiger partial charge on any atom is 0.303 e. The van der Waals surface area contributed by atoms with Gasteiger partial charge in [-0.3, -0.25) is 9.59 Å². The Balaban J connectivity index is 1.93. The van der Waals surface area contributed by atoms with Gasteiger partial charge in [-0.2, -0.15) is 0 Å². The van der Waals surface area contributed by atoms with Crippen molar-refractivity contribution in [2.75, 3.05) is 13.7 Å². The van der Waals surface area contributed by atoms with E-state index >= 15 is 0 Å². The van der Waals surface area contributed by atoms with E-state index in [9.17, 15) is 24.9 Å². The average molecular weight is 613 g/mol. The normalized spacial score (nSPS) is 13.9. The van der Waals surface area contributed by atoms with Crippen molar-refractivity contribution in [3.05, 3.63) is 69.3 Å². The Bertz CT molecular complexity index is 1930. The van der Waals surface area contributed by atoms with Crippen LogP contribution in [0.15, 0.2) is 24.3 Å². The Morgan fingerprint density at radius 3 is 1.84 bits per heavy atom. The number of allylic oxidation sites excluding steroid dienone is 3. The lowest BCUT2D eigenvalue weighted by molar-refractivity contribution is -0.137. The SMILES string of the molecule is COCCC1=C(C)c2cc3nc(cc4[nH]c(cc5[nH]c(cc1n2)c(C)c5C(C)O)c(C)c4CCC(=O)O)C(CCC(=O)O)=C3C. The van der Waals surface area contributed by atoms with Crippen molar-refractivity contribution in [2.45, 2.75) is 72.8 Å². The van der Waals surface area contributed by atoms with Crippen molar-refractivity contribution in [1.82, 2.24) is 19.9 Å². The zero-order valence-electron chi connectivity index (χ0n) is 26.6. The third kappa shape index (κ3) is 6.34. The molecule has 8 bridgehead atoms. The van der Waals surface area contributed by atoms with E-state index < -0.39 is 18.0 Å². The van der Waals surface area contributed by atoms with E-state index in [1.54, 1.807) is 14.0 Å². The van der Waals surface area contributed by atoms with Gasteiger partial charge in [-0.15, -0.1) is 0 Å². The van der Waals surface area contributed by atoms with E-state index in [1.807, 2.05) is 52.0 Å². The fourth-order valence-corrected chi connectivity index (χ4v) is 6.34. The predicted molar refractivity (Wildman–Crippen MR) is 175 cm³/mol. The number of carboxylic acids is 2. The number of H-pyrrole nitrogens is 2. The fourth-order valence-electron chi connectivity index (χ4n) is 6.34. The van der Waals surface area contributed by atoms with Crippen LogP contribution in [0, 0.1) is 13.8 Å². The Hall–Kier alpha value is -4.54. The van der Waals surface area contributed by atoms with Crippen LogP contribution in [0.2, 0.25) is 0 Å². The smallest absolute Gasteiger partial charge is 0.303 e. The second-order valence-electron chi connectivity index (χ2n) is 11.8. The minimum Gasteiger partial charge on any atom is -0.481 e. The van der Waals surface area contributed by atoms with Crippen LogP contribution in [0.5, 0.6) is 0 Å². The number of carboxylic acid groups (broad SMARTS) is 2. The fraction of sp³-hybridized carbons (Fsp3) is 0.371. The Labute approximate surface area is 261 Å². The number of hydrogen-bond acceptors (Lipinski definition) is 6. The molecule has 0 amide bonds. The second kappa shape index (κ2) is 12.8. The number of fused-ring (bicyclic) bond motifs is 8. The lowest BCUT2D eigenvalue weighted by Crippen LogP contribution is -1.98. The number of carbonyl (C=O) groups is 2. The number of aromatic nitrogens is 4. The molecule has 5 heterocycles. The molecule has 0 aromatic carbocycles. The molecule has 3 aromatic heterocycles. The molecule has 0 radical (unpaired) electrons. The van der Waals surface area contributed by atoms with Crippen LogP contribution >= 0.6 is 0 Å². The van der Waals surface area contributed by atoms with Crippen LogP contribution in [-0.2, 0) is 20.7 Å². The summed E-state index contributed by atoms with van der Waals surface area (Å²) in [6.45, 7) is 10.2. The molecule has 2 aliphatic rings. The van der Waals surface area contributed by atoms with Gasteiger partial charge in [0.05, 0.1) is 35.5 Å². The molecule has 45 heavy (non-hydrogen) atoms. The highest BCUT2D eigenvalue weighted by molar-refractivity contribution is 5.96. The number of nitrogens with one attached hydrogen (secondary N) is 2. The van der Waals surface area contributed by atoms with Gasteiger partial charge < -0.3 is 30.0 Å². The molecule has 5 N–H and O–H groups in total. The average Bonchev–Trinajstić information content (AvgIpc) is 3.63. The van der Waals surface area contributed by atoms with Gasteiger partial charge in [-0.25, -0.2) is 9.97 Å². The van der Waals surface area contributed by atoms with Crippen LogP contribution < -0.4 is 0 Å². The quantitative estimate of drug-likeness (QED) is 0.168. The molecule has 3 aromatic rings. The molecule has 10 nitrogen and oxygen atoms in total. The summed E-state index contributed by atoms with van der Waals surface area (Å²) in [5.41, 5.74) is 13.1. The lowest BCUT2D eigenvalue weighted by atomic mass is 9.99. The molecule has 10 heteroatoms. The molecule has 5 rings (SSSR count). The third-order valence-corrected chi connectivity index (χ3v) is 8.87. The van der Waals surface area contributed by atoms with E-state index in [0.29, 0.717) is 42.8 Å². The number of rotatable bonds is 10. The zero-order chi connectivity index (χ0) is 32.6. The number of aryl methyl sites for hydroxylation is 3. The monoisotopic (exact) mass is 612 g/mol. The summed E-state index contributed by atoms with van der Waals surface area (Å²) >= 11 is 0. The number of nitrogens with zero attached hydrogens (tertiary/aromatic N) is 2. The molecule has 236 valence electrons. The zero-order valence-corrected chi connectivity index (χ0v) is 26.6. The lowest BCUT2D eigenvalue weighted by Gasteiger charge is -2.04. The summed E-state index contributed by atoms with van der Waals surface area (Å²) in [5, 5.41) is 29.8. The standard InChI is InChI=1S/C35H40N4O6/c1-17-22(7-9-33(41)42)30-16-31-23(8-10-34(43)44)18(2)27(38-31)15-32-35(21(5)40)20(4)28(39-32)14-29-24(11-12-45-6)19(3)26(36-29)13-25(17)37-30/h13-16,21,38-40H,7-12H2,1-6H3,(H,41,42)(H,43,44). The molecule has 2 aliphatic heterocycles. The first-order valence-corrected chi connectivity index (χ1v) is 15.1. The first kappa shape index (κ1) is 31.9. The first-order valence-electron chi connectivity index (χ1n) is 15.1. The topological polar surface area (TPSA) is 161 Å². The molecule has 1 atom stereocenters. The summed E-state index contributed by atoms with van der Waals surface area (Å²) in [6, 6.07) is 7.80. The van der Waals surface area contributed by atoms with Gasteiger partial charge in [-0.05, 0) is 117 Å². The van der Waals surface area contributed by atoms with Gasteiger partial charge in [0.15, 0.2) is 0 Å². The van der Waals surface area contributed by atoms with Gasteiger partial charge >= 0.3 is 11.9 Å². The van der Waals surface area contributed by atoms with E-state index in [-0.39, 0.29) is 12.8 Å². The van der Waals surface area contributed by atoms with E-state index in [2.05, 4.69) is 9.97 Å². The third-order valence-electron chi connectivity index (χ3n) is 8.87. The first-order chi connectivity index (χ1) is 21.4. The summed E-state index contributed by atoms with van der Waals surface area (Å²) in [5.74, 6) is -1.80. The molecule has 1 unspecified atom stereocenters. The molecular formula is C35H40N4O6. The van der Waals surface area contributed by atoms with E-state index in [1.165, 1.54) is 0 Å². The number of aliphatic hydroxyl groups excluding tert-OH is 1. The molecule has 0 saturated heterocycles. The number of ether oxygens (including phenoxy) is 1. The van der Waals surface area contributed by atoms with Crippen molar-refractivity contribution in [3.8, 4) is 0 Å². The maximum absolute atomic E-state index is 11.6. The summed E-state index contributed by atoms with van der Waals surface area (Å²) in [6.07, 6.45) is 0.414. The van der Waals surface area contributed by atoms with Crippen LogP contribution in [-0.4, -0.2) is 60.9 Å². The Kier molecular flexibility index (Phi) is 9.08. The van der Waals surface area contributed by atoms with Crippen molar-refractivity contribution in [2.24, 2.45) is 0 Å². The van der Waals surface area contributed by atoms with Gasteiger partial charge in [0, 0.05) is 47.6 Å². The highest BCUT2D eigenvalue weighted by Crippen LogP contribution is 2.38. The van der Waals surface area contributed by atoms with Crippen LogP contribution in [0.3, 0.4) is 0 Å². The van der Waals surface area contributed by atoms with Gasteiger partial charge in [-0.1, -0.05) is 0 Å². The van der Waals surface area contributed by atoms with Crippen LogP contribution in [0.1, 0.15) is 97.6 Å². The molecule has 0 aliphatic carbocycles. The largest absolute Gasteiger partial charge is 0.481 e. The minimum absolute atomic E-state index is 0.0492. The van der Waals surface area contributed by atoms with Gasteiger partial charge in [0.1, 0.15) is 0 Å². The van der Waals surface area contributed by atoms with Crippen LogP contribution in [0.4, 0.5) is 0 Å². The number of aliphatic carboxylic acids is 2.